The van der Waals surface area contributed by atoms with E-state index in [1.165, 1.54) is 11.9 Å². The number of rotatable bonds is 7. The van der Waals surface area contributed by atoms with Crippen LogP contribution < -0.4 is 5.32 Å². The van der Waals surface area contributed by atoms with E-state index >= 15 is 0 Å². The lowest BCUT2D eigenvalue weighted by molar-refractivity contribution is -0.145. The van der Waals surface area contributed by atoms with E-state index in [9.17, 15) is 19.5 Å². The third-order valence-corrected chi connectivity index (χ3v) is 4.36. The van der Waals surface area contributed by atoms with Gasteiger partial charge in [0.25, 0.3) is 5.91 Å². The average Bonchev–Trinajstić information content (AvgIpc) is 3.04. The molecule has 3 aromatic rings. The smallest absolute Gasteiger partial charge is 0.325 e. The number of aromatic nitrogens is 1. The number of likely N-dealkylation sites (N-methyl/N-ethyl adjacent to an activating group) is 1. The molecule has 0 saturated heterocycles. The van der Waals surface area contributed by atoms with Gasteiger partial charge in [0.05, 0.1) is 6.54 Å². The lowest BCUT2D eigenvalue weighted by Crippen LogP contribution is -2.34. The molecule has 2 aromatic carbocycles. The molecule has 0 fully saturated rings. The van der Waals surface area contributed by atoms with Gasteiger partial charge in [-0.1, -0.05) is 24.3 Å². The molecule has 8 heteroatoms. The molecule has 144 valence electrons. The van der Waals surface area contributed by atoms with E-state index in [2.05, 4.69) is 10.3 Å². The molecule has 4 N–H and O–H groups in total. The number of aromatic amines is 1. The second kappa shape index (κ2) is 7.93. The fraction of sp³-hybridized carbons (Fsp3) is 0.150. The highest BCUT2D eigenvalue weighted by Crippen LogP contribution is 2.29. The number of carboxylic acids is 2. The number of aliphatic carboxylic acids is 2. The first-order chi connectivity index (χ1) is 13.4. The van der Waals surface area contributed by atoms with Gasteiger partial charge in [0.2, 0.25) is 0 Å². The topological polar surface area (TPSA) is 123 Å². The molecule has 0 aliphatic heterocycles. The molecule has 0 bridgehead atoms. The summed E-state index contributed by atoms with van der Waals surface area (Å²) in [4.78, 5) is 39.2. The van der Waals surface area contributed by atoms with Crippen LogP contribution in [0.4, 0.5) is 5.69 Å². The van der Waals surface area contributed by atoms with Crippen molar-refractivity contribution in [2.24, 2.45) is 0 Å². The highest BCUT2D eigenvalue weighted by Gasteiger charge is 2.28. The minimum Gasteiger partial charge on any atom is -0.480 e. The molecular formula is C20H19N3O5. The van der Waals surface area contributed by atoms with E-state index in [1.54, 1.807) is 48.7 Å². The minimum atomic E-state index is -1.15. The maximum absolute atomic E-state index is 12.3. The number of hydrogen-bond donors (Lipinski definition) is 4. The van der Waals surface area contributed by atoms with Gasteiger partial charge in [-0.25, -0.2) is 0 Å². The Kier molecular flexibility index (Phi) is 5.42. The molecule has 1 amide bonds. The van der Waals surface area contributed by atoms with E-state index in [0.717, 1.165) is 0 Å². The van der Waals surface area contributed by atoms with Crippen molar-refractivity contribution >= 4 is 34.4 Å². The highest BCUT2D eigenvalue weighted by atomic mass is 16.4. The van der Waals surface area contributed by atoms with Crippen LogP contribution >= 0.6 is 0 Å². The molecule has 3 rings (SSSR count). The Morgan fingerprint density at radius 1 is 1.11 bits per heavy atom. The standard InChI is InChI=1S/C20H19N3O5/c1-23(11-17(24)25)18(20(27)28)15-10-21-16-9-13(7-8-14(15)16)22-19(26)12-5-3-2-4-6-12/h2-10,18,21H,11H2,1H3,(H,22,26)(H,24,25)(H,27,28)/t18-/m0/s1. The van der Waals surface area contributed by atoms with Gasteiger partial charge < -0.3 is 20.5 Å². The zero-order chi connectivity index (χ0) is 20.3. The molecule has 28 heavy (non-hydrogen) atoms. The van der Waals surface area contributed by atoms with Crippen molar-refractivity contribution in [1.82, 2.24) is 9.88 Å². The van der Waals surface area contributed by atoms with Gasteiger partial charge in [-0.05, 0) is 31.3 Å². The first-order valence-electron chi connectivity index (χ1n) is 8.49. The lowest BCUT2D eigenvalue weighted by atomic mass is 10.0. The Morgan fingerprint density at radius 3 is 2.46 bits per heavy atom. The number of fused-ring (bicyclic) bond motifs is 1. The summed E-state index contributed by atoms with van der Waals surface area (Å²) in [5, 5.41) is 22.0. The number of hydrogen-bond acceptors (Lipinski definition) is 4. The second-order valence-electron chi connectivity index (χ2n) is 6.37. The molecule has 1 heterocycles. The summed E-state index contributed by atoms with van der Waals surface area (Å²) in [7, 11) is 1.44. The number of carbonyl (C=O) groups excluding carboxylic acids is 1. The molecular weight excluding hydrogens is 362 g/mol. The van der Waals surface area contributed by atoms with Gasteiger partial charge in [-0.15, -0.1) is 0 Å². The second-order valence-corrected chi connectivity index (χ2v) is 6.37. The van der Waals surface area contributed by atoms with Crippen LogP contribution in [0.1, 0.15) is 22.0 Å². The number of H-pyrrole nitrogens is 1. The number of nitrogens with zero attached hydrogens (tertiary/aromatic N) is 1. The molecule has 0 aliphatic carbocycles. The number of nitrogens with one attached hydrogen (secondary N) is 2. The Hall–Kier alpha value is -3.65. The summed E-state index contributed by atoms with van der Waals surface area (Å²) >= 11 is 0. The van der Waals surface area contributed by atoms with Crippen LogP contribution in [-0.2, 0) is 9.59 Å². The summed E-state index contributed by atoms with van der Waals surface area (Å²) in [6.07, 6.45) is 1.55. The van der Waals surface area contributed by atoms with Crippen molar-refractivity contribution in [2.75, 3.05) is 18.9 Å². The number of carboxylic acid groups (broad SMARTS) is 2. The molecule has 1 aromatic heterocycles. The highest BCUT2D eigenvalue weighted by molar-refractivity contribution is 6.05. The van der Waals surface area contributed by atoms with Gasteiger partial charge in [-0.2, -0.15) is 0 Å². The first-order valence-corrected chi connectivity index (χ1v) is 8.49. The monoisotopic (exact) mass is 381 g/mol. The van der Waals surface area contributed by atoms with E-state index in [-0.39, 0.29) is 5.91 Å². The SMILES string of the molecule is CN(CC(=O)O)[C@H](C(=O)O)c1c[nH]c2cc(NC(=O)c3ccccc3)ccc12. The maximum atomic E-state index is 12.3. The van der Waals surface area contributed by atoms with Crippen LogP contribution in [0.2, 0.25) is 0 Å². The van der Waals surface area contributed by atoms with Gasteiger partial charge >= 0.3 is 11.9 Å². The Bertz CT molecular complexity index is 1030. The summed E-state index contributed by atoms with van der Waals surface area (Å²) < 4.78 is 0. The Morgan fingerprint density at radius 2 is 1.82 bits per heavy atom. The fourth-order valence-electron chi connectivity index (χ4n) is 3.11. The molecule has 0 spiro atoms. The quantitative estimate of drug-likeness (QED) is 0.499. The molecule has 8 nitrogen and oxygen atoms in total. The molecule has 0 unspecified atom stereocenters. The number of benzene rings is 2. The number of anilines is 1. The van der Waals surface area contributed by atoms with E-state index in [0.29, 0.717) is 27.7 Å². The lowest BCUT2D eigenvalue weighted by Gasteiger charge is -2.22. The maximum Gasteiger partial charge on any atom is 0.325 e. The summed E-state index contributed by atoms with van der Waals surface area (Å²) in [6, 6.07) is 12.7. The summed E-state index contributed by atoms with van der Waals surface area (Å²) in [5.74, 6) is -2.51. The van der Waals surface area contributed by atoms with Crippen molar-refractivity contribution in [1.29, 1.82) is 0 Å². The van der Waals surface area contributed by atoms with Crippen molar-refractivity contribution in [2.45, 2.75) is 6.04 Å². The molecule has 0 aliphatic rings. The summed E-state index contributed by atoms with van der Waals surface area (Å²) in [6.45, 7) is -0.408. The van der Waals surface area contributed by atoms with Gasteiger partial charge in [-0.3, -0.25) is 19.3 Å². The van der Waals surface area contributed by atoms with Crippen LogP contribution in [0.3, 0.4) is 0 Å². The predicted octanol–water partition coefficient (Wildman–Crippen LogP) is 2.56. The first kappa shape index (κ1) is 19.1. The third-order valence-electron chi connectivity index (χ3n) is 4.36. The number of amides is 1. The van der Waals surface area contributed by atoms with Crippen molar-refractivity contribution in [3.8, 4) is 0 Å². The Labute approximate surface area is 160 Å². The van der Waals surface area contributed by atoms with Crippen LogP contribution in [0.15, 0.2) is 54.7 Å². The van der Waals surface area contributed by atoms with Crippen molar-refractivity contribution < 1.29 is 24.6 Å². The van der Waals surface area contributed by atoms with E-state index < -0.39 is 24.5 Å². The van der Waals surface area contributed by atoms with Crippen LogP contribution in [0.25, 0.3) is 10.9 Å². The van der Waals surface area contributed by atoms with E-state index in [1.807, 2.05) is 6.07 Å². The average molecular weight is 381 g/mol. The Balaban J connectivity index is 1.88. The minimum absolute atomic E-state index is 0.253. The van der Waals surface area contributed by atoms with Gasteiger partial charge in [0, 0.05) is 33.9 Å². The van der Waals surface area contributed by atoms with Gasteiger partial charge in [0.1, 0.15) is 6.04 Å². The van der Waals surface area contributed by atoms with Crippen LogP contribution in [-0.4, -0.2) is 51.5 Å². The van der Waals surface area contributed by atoms with Crippen molar-refractivity contribution in [3.63, 3.8) is 0 Å². The fourth-order valence-corrected chi connectivity index (χ4v) is 3.11. The zero-order valence-corrected chi connectivity index (χ0v) is 15.0. The van der Waals surface area contributed by atoms with Crippen molar-refractivity contribution in [3.05, 3.63) is 65.9 Å². The van der Waals surface area contributed by atoms with Crippen LogP contribution in [0.5, 0.6) is 0 Å². The number of carbonyl (C=O) groups is 3. The molecule has 1 atom stereocenters. The van der Waals surface area contributed by atoms with Crippen LogP contribution in [0, 0.1) is 0 Å². The van der Waals surface area contributed by atoms with Gasteiger partial charge in [0.15, 0.2) is 0 Å². The normalized spacial score (nSPS) is 12.1. The third kappa shape index (κ3) is 4.02. The van der Waals surface area contributed by atoms with E-state index in [4.69, 9.17) is 5.11 Å². The predicted molar refractivity (Wildman–Crippen MR) is 103 cm³/mol. The molecule has 0 saturated carbocycles. The summed E-state index contributed by atoms with van der Waals surface area (Å²) in [5.41, 5.74) is 2.17. The largest absolute Gasteiger partial charge is 0.480 e. The zero-order valence-electron chi connectivity index (χ0n) is 15.0. The molecule has 0 radical (unpaired) electrons.